The number of nitrogens with zero attached hydrogens (tertiary/aromatic N) is 2. The van der Waals surface area contributed by atoms with Gasteiger partial charge in [0, 0.05) is 35.1 Å². The highest BCUT2D eigenvalue weighted by atomic mass is 35.5. The van der Waals surface area contributed by atoms with Crippen LogP contribution in [0.2, 0.25) is 5.02 Å². The molecule has 2 heterocycles. The van der Waals surface area contributed by atoms with E-state index in [-0.39, 0.29) is 29.4 Å². The van der Waals surface area contributed by atoms with Crippen molar-refractivity contribution in [3.8, 4) is 0 Å². The molecule has 0 aliphatic carbocycles. The van der Waals surface area contributed by atoms with E-state index in [0.717, 1.165) is 22.0 Å². The lowest BCUT2D eigenvalue weighted by Crippen LogP contribution is -2.19. The highest BCUT2D eigenvalue weighted by molar-refractivity contribution is 6.31. The maximum Gasteiger partial charge on any atom is 0.274 e. The normalized spacial score (nSPS) is 11.0. The number of hydrogen-bond donors (Lipinski definition) is 3. The van der Waals surface area contributed by atoms with Gasteiger partial charge >= 0.3 is 0 Å². The molecule has 136 valence electrons. The van der Waals surface area contributed by atoms with Gasteiger partial charge in [0.2, 0.25) is 5.95 Å². The lowest BCUT2D eigenvalue weighted by molar-refractivity contribution is 0.627. The Morgan fingerprint density at radius 2 is 1.93 bits per heavy atom. The average molecular weight is 384 g/mol. The van der Waals surface area contributed by atoms with Crippen molar-refractivity contribution in [1.29, 1.82) is 0 Å². The molecule has 4 rings (SSSR count). The van der Waals surface area contributed by atoms with Gasteiger partial charge in [-0.05, 0) is 41.5 Å². The summed E-state index contributed by atoms with van der Waals surface area (Å²) in [5.74, 6) is -0.0453. The molecule has 0 amide bonds. The van der Waals surface area contributed by atoms with E-state index >= 15 is 0 Å². The molecule has 3 N–H and O–H groups in total. The van der Waals surface area contributed by atoms with Gasteiger partial charge in [-0.3, -0.25) is 9.78 Å². The van der Waals surface area contributed by atoms with E-state index in [0.29, 0.717) is 11.6 Å². The molecule has 0 radical (unpaired) electrons. The third-order valence-electron chi connectivity index (χ3n) is 4.23. The van der Waals surface area contributed by atoms with Crippen LogP contribution in [0.15, 0.2) is 53.5 Å². The van der Waals surface area contributed by atoms with Crippen LogP contribution in [0.4, 0.5) is 10.3 Å². The van der Waals surface area contributed by atoms with Crippen LogP contribution in [0.3, 0.4) is 0 Å². The van der Waals surface area contributed by atoms with Crippen molar-refractivity contribution in [2.45, 2.75) is 13.0 Å². The second kappa shape index (κ2) is 7.20. The van der Waals surface area contributed by atoms with E-state index in [9.17, 15) is 9.18 Å². The molecule has 2 aromatic carbocycles. The van der Waals surface area contributed by atoms with Crippen LogP contribution in [0.1, 0.15) is 16.8 Å². The van der Waals surface area contributed by atoms with E-state index in [1.54, 1.807) is 12.1 Å². The predicted molar refractivity (Wildman–Crippen MR) is 102 cm³/mol. The maximum absolute atomic E-state index is 13.0. The minimum Gasteiger partial charge on any atom is -0.361 e. The monoisotopic (exact) mass is 383 g/mol. The largest absolute Gasteiger partial charge is 0.361 e. The molecule has 0 bridgehead atoms. The number of anilines is 1. The molecule has 6 nitrogen and oxygen atoms in total. The minimum absolute atomic E-state index is 0.269. The van der Waals surface area contributed by atoms with Gasteiger partial charge in [0.1, 0.15) is 11.5 Å². The van der Waals surface area contributed by atoms with Crippen molar-refractivity contribution in [3.63, 3.8) is 0 Å². The standard InChI is InChI=1S/C19H15ClFN5O/c20-13-3-6-16-15(8-13)12(9-22-16)10-23-19-24-18(27)17(25-26-19)7-11-1-4-14(21)5-2-11/h1-6,8-9,22H,7,10H2,(H2,23,24,26,27). The molecule has 0 aliphatic rings. The van der Waals surface area contributed by atoms with E-state index < -0.39 is 0 Å². The highest BCUT2D eigenvalue weighted by Crippen LogP contribution is 2.22. The SMILES string of the molecule is O=c1[nH]c(NCc2c[nH]c3ccc(Cl)cc23)nnc1Cc1ccc(F)cc1. The van der Waals surface area contributed by atoms with Gasteiger partial charge in [-0.2, -0.15) is 0 Å². The second-order valence-electron chi connectivity index (χ2n) is 6.11. The second-order valence-corrected chi connectivity index (χ2v) is 6.55. The smallest absolute Gasteiger partial charge is 0.274 e. The number of nitrogens with one attached hydrogen (secondary N) is 3. The van der Waals surface area contributed by atoms with Crippen LogP contribution in [0.5, 0.6) is 0 Å². The van der Waals surface area contributed by atoms with Crippen LogP contribution in [-0.2, 0) is 13.0 Å². The summed E-state index contributed by atoms with van der Waals surface area (Å²) >= 11 is 6.05. The molecule has 2 aromatic heterocycles. The first-order valence-corrected chi connectivity index (χ1v) is 8.66. The number of benzene rings is 2. The van der Waals surface area contributed by atoms with Gasteiger partial charge in [0.05, 0.1) is 0 Å². The fraction of sp³-hybridized carbons (Fsp3) is 0.105. The Bertz CT molecular complexity index is 1150. The fourth-order valence-corrected chi connectivity index (χ4v) is 3.00. The summed E-state index contributed by atoms with van der Waals surface area (Å²) in [4.78, 5) is 18.1. The molecule has 0 aliphatic heterocycles. The summed E-state index contributed by atoms with van der Waals surface area (Å²) in [5, 5.41) is 12.7. The zero-order valence-electron chi connectivity index (χ0n) is 14.1. The Balaban J connectivity index is 1.48. The summed E-state index contributed by atoms with van der Waals surface area (Å²) in [5.41, 5.74) is 2.69. The number of halogens is 2. The van der Waals surface area contributed by atoms with Gasteiger partial charge in [0.15, 0.2) is 0 Å². The summed E-state index contributed by atoms with van der Waals surface area (Å²) in [6.45, 7) is 0.447. The van der Waals surface area contributed by atoms with Crippen molar-refractivity contribution < 1.29 is 4.39 Å². The zero-order chi connectivity index (χ0) is 18.8. The lowest BCUT2D eigenvalue weighted by atomic mass is 10.1. The first-order valence-electron chi connectivity index (χ1n) is 8.28. The molecule has 0 atom stereocenters. The Morgan fingerprint density at radius 1 is 1.11 bits per heavy atom. The average Bonchev–Trinajstić information content (AvgIpc) is 3.06. The third kappa shape index (κ3) is 3.83. The van der Waals surface area contributed by atoms with Gasteiger partial charge in [-0.25, -0.2) is 4.39 Å². The molecule has 4 aromatic rings. The molecule has 0 saturated carbocycles. The van der Waals surface area contributed by atoms with Crippen LogP contribution in [-0.4, -0.2) is 20.2 Å². The molecule has 0 saturated heterocycles. The quantitative estimate of drug-likeness (QED) is 0.491. The van der Waals surface area contributed by atoms with E-state index in [1.807, 2.05) is 24.4 Å². The van der Waals surface area contributed by atoms with Gasteiger partial charge in [-0.1, -0.05) is 23.7 Å². The highest BCUT2D eigenvalue weighted by Gasteiger charge is 2.08. The Hall–Kier alpha value is -3.19. The molecule has 0 spiro atoms. The van der Waals surface area contributed by atoms with Crippen LogP contribution >= 0.6 is 11.6 Å². The van der Waals surface area contributed by atoms with Crippen molar-refractivity contribution in [3.05, 3.63) is 86.7 Å². The molecule has 0 unspecified atom stereocenters. The summed E-state index contributed by atoms with van der Waals surface area (Å²) < 4.78 is 13.0. The Kier molecular flexibility index (Phi) is 4.60. The number of rotatable bonds is 5. The predicted octanol–water partition coefficient (Wildman–Crippen LogP) is 3.64. The number of hydrogen-bond acceptors (Lipinski definition) is 4. The Labute approximate surface area is 158 Å². The van der Waals surface area contributed by atoms with Crippen LogP contribution in [0.25, 0.3) is 10.9 Å². The van der Waals surface area contributed by atoms with E-state index in [1.165, 1.54) is 12.1 Å². The summed E-state index contributed by atoms with van der Waals surface area (Å²) in [6, 6.07) is 11.5. The first-order chi connectivity index (χ1) is 13.1. The molecular formula is C19H15ClFN5O. The first kappa shape index (κ1) is 17.2. The molecule has 27 heavy (non-hydrogen) atoms. The summed E-state index contributed by atoms with van der Waals surface area (Å²) in [7, 11) is 0. The van der Waals surface area contributed by atoms with Crippen molar-refractivity contribution in [2.75, 3.05) is 5.32 Å². The fourth-order valence-electron chi connectivity index (χ4n) is 2.83. The molecule has 0 fully saturated rings. The van der Waals surface area contributed by atoms with E-state index in [4.69, 9.17) is 11.6 Å². The number of aromatic amines is 2. The van der Waals surface area contributed by atoms with E-state index in [2.05, 4.69) is 25.5 Å². The van der Waals surface area contributed by atoms with Crippen molar-refractivity contribution in [2.24, 2.45) is 0 Å². The molecular weight excluding hydrogens is 369 g/mol. The van der Waals surface area contributed by atoms with Crippen molar-refractivity contribution >= 4 is 28.5 Å². The van der Waals surface area contributed by atoms with Crippen LogP contribution < -0.4 is 10.9 Å². The number of fused-ring (bicyclic) bond motifs is 1. The Morgan fingerprint density at radius 3 is 2.70 bits per heavy atom. The maximum atomic E-state index is 13.0. The lowest BCUT2D eigenvalue weighted by Gasteiger charge is -2.05. The van der Waals surface area contributed by atoms with Crippen molar-refractivity contribution in [1.82, 2.24) is 20.2 Å². The topological polar surface area (TPSA) is 86.5 Å². The summed E-state index contributed by atoms with van der Waals surface area (Å²) in [6.07, 6.45) is 2.16. The third-order valence-corrected chi connectivity index (χ3v) is 4.46. The number of aromatic nitrogens is 4. The minimum atomic E-state index is -0.334. The molecule has 8 heteroatoms. The van der Waals surface area contributed by atoms with Gasteiger partial charge in [-0.15, -0.1) is 10.2 Å². The van der Waals surface area contributed by atoms with Crippen LogP contribution in [0, 0.1) is 5.82 Å². The van der Waals surface area contributed by atoms with Gasteiger partial charge in [0.25, 0.3) is 5.56 Å². The zero-order valence-corrected chi connectivity index (χ0v) is 14.8. The number of H-pyrrole nitrogens is 2. The van der Waals surface area contributed by atoms with Gasteiger partial charge < -0.3 is 10.3 Å².